The lowest BCUT2D eigenvalue weighted by molar-refractivity contribution is 0.0947. The van der Waals surface area contributed by atoms with E-state index in [1.807, 2.05) is 6.92 Å². The van der Waals surface area contributed by atoms with Crippen LogP contribution in [0.5, 0.6) is 0 Å². The van der Waals surface area contributed by atoms with Gasteiger partial charge in [-0.2, -0.15) is 0 Å². The average molecular weight is 254 g/mol. The molecule has 0 bridgehead atoms. The molecular weight excluding hydrogens is 238 g/mol. The number of hydrogen-bond donors (Lipinski definition) is 2. The predicted molar refractivity (Wildman–Crippen MR) is 68.5 cm³/mol. The Morgan fingerprint density at radius 2 is 2.29 bits per heavy atom. The zero-order valence-corrected chi connectivity index (χ0v) is 10.5. The van der Waals surface area contributed by atoms with E-state index in [2.05, 4.69) is 15.6 Å². The van der Waals surface area contributed by atoms with Crippen LogP contribution in [0.15, 0.2) is 12.1 Å². The summed E-state index contributed by atoms with van der Waals surface area (Å²) < 4.78 is 0. The lowest BCUT2D eigenvalue weighted by atomic mass is 10.3. The van der Waals surface area contributed by atoms with E-state index in [-0.39, 0.29) is 5.91 Å². The number of carbonyl (C=O) groups is 1. The van der Waals surface area contributed by atoms with Gasteiger partial charge < -0.3 is 10.6 Å². The Bertz CT molecular complexity index is 418. The molecule has 0 radical (unpaired) electrons. The molecule has 4 nitrogen and oxygen atoms in total. The monoisotopic (exact) mass is 253 g/mol. The minimum Gasteiger partial charge on any atom is -0.370 e. The number of aromatic nitrogens is 1. The molecule has 1 saturated carbocycles. The van der Waals surface area contributed by atoms with Crippen LogP contribution in [0.2, 0.25) is 5.02 Å². The molecule has 92 valence electrons. The summed E-state index contributed by atoms with van der Waals surface area (Å²) in [5, 5.41) is 6.30. The van der Waals surface area contributed by atoms with Crippen molar-refractivity contribution in [3.63, 3.8) is 0 Å². The number of halogens is 1. The van der Waals surface area contributed by atoms with E-state index in [0.717, 1.165) is 13.1 Å². The van der Waals surface area contributed by atoms with Gasteiger partial charge in [-0.3, -0.25) is 4.79 Å². The van der Waals surface area contributed by atoms with Crippen molar-refractivity contribution >= 4 is 23.3 Å². The third-order valence-electron chi connectivity index (χ3n) is 2.67. The van der Waals surface area contributed by atoms with Gasteiger partial charge in [-0.1, -0.05) is 11.6 Å². The molecule has 1 aliphatic carbocycles. The van der Waals surface area contributed by atoms with Gasteiger partial charge in [-0.15, -0.1) is 0 Å². The highest BCUT2D eigenvalue weighted by Gasteiger charge is 2.22. The molecule has 1 aromatic heterocycles. The first-order valence-corrected chi connectivity index (χ1v) is 6.27. The summed E-state index contributed by atoms with van der Waals surface area (Å²) in [5.41, 5.74) is 0.297. The lowest BCUT2D eigenvalue weighted by Gasteiger charge is -2.08. The van der Waals surface area contributed by atoms with Gasteiger partial charge in [0.05, 0.1) is 5.02 Å². The van der Waals surface area contributed by atoms with Crippen LogP contribution >= 0.6 is 11.6 Å². The van der Waals surface area contributed by atoms with Gasteiger partial charge in [0.1, 0.15) is 11.5 Å². The molecule has 0 saturated heterocycles. The molecular formula is C12H16ClN3O. The number of pyridine rings is 1. The second kappa shape index (κ2) is 5.36. The third-order valence-corrected chi connectivity index (χ3v) is 2.97. The molecule has 1 fully saturated rings. The summed E-state index contributed by atoms with van der Waals surface area (Å²) >= 11 is 5.97. The van der Waals surface area contributed by atoms with Crippen molar-refractivity contribution in [1.29, 1.82) is 0 Å². The molecule has 2 rings (SSSR count). The van der Waals surface area contributed by atoms with E-state index >= 15 is 0 Å². The Morgan fingerprint density at radius 3 is 2.94 bits per heavy atom. The Morgan fingerprint density at radius 1 is 1.53 bits per heavy atom. The minimum atomic E-state index is -0.193. The number of nitrogens with zero attached hydrogens (tertiary/aromatic N) is 1. The Kier molecular flexibility index (Phi) is 3.84. The third kappa shape index (κ3) is 3.33. The van der Waals surface area contributed by atoms with Crippen molar-refractivity contribution in [2.24, 2.45) is 5.92 Å². The van der Waals surface area contributed by atoms with Crippen LogP contribution in [0.25, 0.3) is 0 Å². The Balaban J connectivity index is 2.05. The van der Waals surface area contributed by atoms with Crippen LogP contribution in [0, 0.1) is 5.92 Å². The minimum absolute atomic E-state index is 0.193. The van der Waals surface area contributed by atoms with Crippen molar-refractivity contribution in [1.82, 2.24) is 10.3 Å². The van der Waals surface area contributed by atoms with Crippen LogP contribution < -0.4 is 10.6 Å². The highest BCUT2D eigenvalue weighted by Crippen LogP contribution is 2.27. The highest BCUT2D eigenvalue weighted by atomic mass is 35.5. The number of anilines is 1. The Labute approximate surface area is 106 Å². The first kappa shape index (κ1) is 12.2. The van der Waals surface area contributed by atoms with Crippen molar-refractivity contribution in [3.8, 4) is 0 Å². The van der Waals surface area contributed by atoms with Crippen LogP contribution in [0.1, 0.15) is 30.3 Å². The van der Waals surface area contributed by atoms with E-state index in [1.54, 1.807) is 12.1 Å². The van der Waals surface area contributed by atoms with Gasteiger partial charge in [0.15, 0.2) is 0 Å². The molecule has 0 aromatic carbocycles. The maximum Gasteiger partial charge on any atom is 0.271 e. The fourth-order valence-electron chi connectivity index (χ4n) is 1.52. The van der Waals surface area contributed by atoms with Gasteiger partial charge in [-0.25, -0.2) is 4.98 Å². The highest BCUT2D eigenvalue weighted by molar-refractivity contribution is 6.33. The second-order valence-corrected chi connectivity index (χ2v) is 4.62. The number of rotatable bonds is 5. The topological polar surface area (TPSA) is 54.0 Å². The van der Waals surface area contributed by atoms with E-state index in [0.29, 0.717) is 22.5 Å². The van der Waals surface area contributed by atoms with Crippen LogP contribution in [0.3, 0.4) is 0 Å². The fourth-order valence-corrected chi connectivity index (χ4v) is 1.71. The summed E-state index contributed by atoms with van der Waals surface area (Å²) in [5.74, 6) is 1.13. The smallest absolute Gasteiger partial charge is 0.271 e. The van der Waals surface area contributed by atoms with E-state index in [1.165, 1.54) is 12.8 Å². The van der Waals surface area contributed by atoms with Crippen molar-refractivity contribution in [2.45, 2.75) is 19.8 Å². The van der Waals surface area contributed by atoms with Gasteiger partial charge in [-0.05, 0) is 37.8 Å². The summed E-state index contributed by atoms with van der Waals surface area (Å²) in [6, 6.07) is 3.46. The molecule has 1 amide bonds. The summed E-state index contributed by atoms with van der Waals surface area (Å²) in [6.45, 7) is 3.46. The molecule has 0 aliphatic heterocycles. The zero-order valence-electron chi connectivity index (χ0n) is 9.79. The Hall–Kier alpha value is -1.29. The van der Waals surface area contributed by atoms with E-state index in [9.17, 15) is 4.79 Å². The van der Waals surface area contributed by atoms with Crippen molar-refractivity contribution in [3.05, 3.63) is 22.8 Å². The fraction of sp³-hybridized carbons (Fsp3) is 0.500. The molecule has 17 heavy (non-hydrogen) atoms. The normalized spacial score (nSPS) is 14.5. The number of hydrogen-bond acceptors (Lipinski definition) is 3. The summed E-state index contributed by atoms with van der Waals surface area (Å²) in [6.07, 6.45) is 2.41. The van der Waals surface area contributed by atoms with Gasteiger partial charge in [0.25, 0.3) is 5.91 Å². The van der Waals surface area contributed by atoms with Crippen molar-refractivity contribution in [2.75, 3.05) is 18.4 Å². The molecule has 2 N–H and O–H groups in total. The maximum atomic E-state index is 11.9. The zero-order chi connectivity index (χ0) is 12.3. The first-order chi connectivity index (χ1) is 8.20. The van der Waals surface area contributed by atoms with Gasteiger partial charge in [0.2, 0.25) is 0 Å². The quantitative estimate of drug-likeness (QED) is 0.847. The summed E-state index contributed by atoms with van der Waals surface area (Å²) in [4.78, 5) is 16.1. The molecule has 0 spiro atoms. The van der Waals surface area contributed by atoms with E-state index < -0.39 is 0 Å². The predicted octanol–water partition coefficient (Wildman–Crippen LogP) is 2.31. The number of nitrogens with one attached hydrogen (secondary N) is 2. The molecule has 0 unspecified atom stereocenters. The molecule has 0 atom stereocenters. The van der Waals surface area contributed by atoms with Crippen LogP contribution in [0.4, 0.5) is 5.82 Å². The van der Waals surface area contributed by atoms with Gasteiger partial charge >= 0.3 is 0 Å². The molecule has 1 heterocycles. The molecule has 5 heteroatoms. The maximum absolute atomic E-state index is 11.9. The van der Waals surface area contributed by atoms with Gasteiger partial charge in [0, 0.05) is 13.1 Å². The number of amides is 1. The standard InChI is InChI=1S/C12H16ClN3O/c1-2-14-10-6-5-9(13)11(16-10)12(17)15-7-8-3-4-8/h5-6,8H,2-4,7H2,1H3,(H,14,16)(H,15,17). The molecule has 1 aromatic rings. The first-order valence-electron chi connectivity index (χ1n) is 5.89. The SMILES string of the molecule is CCNc1ccc(Cl)c(C(=O)NCC2CC2)n1. The molecule has 1 aliphatic rings. The largest absolute Gasteiger partial charge is 0.370 e. The van der Waals surface area contributed by atoms with Crippen LogP contribution in [-0.4, -0.2) is 24.0 Å². The van der Waals surface area contributed by atoms with Crippen molar-refractivity contribution < 1.29 is 4.79 Å². The van der Waals surface area contributed by atoms with Crippen LogP contribution in [-0.2, 0) is 0 Å². The number of carbonyl (C=O) groups excluding carboxylic acids is 1. The van der Waals surface area contributed by atoms with E-state index in [4.69, 9.17) is 11.6 Å². The average Bonchev–Trinajstić information content (AvgIpc) is 3.13. The lowest BCUT2D eigenvalue weighted by Crippen LogP contribution is -2.27. The second-order valence-electron chi connectivity index (χ2n) is 4.21. The summed E-state index contributed by atoms with van der Waals surface area (Å²) in [7, 11) is 0.